The number of carbonyl (C=O) groups excluding carboxylic acids is 3. The summed E-state index contributed by atoms with van der Waals surface area (Å²) in [5.41, 5.74) is 3.31. The van der Waals surface area contributed by atoms with E-state index < -0.39 is 52.2 Å². The Labute approximate surface area is 224 Å². The number of nitro groups is 1. The minimum absolute atomic E-state index is 0.0294. The van der Waals surface area contributed by atoms with Crippen molar-refractivity contribution in [3.8, 4) is 5.75 Å². The van der Waals surface area contributed by atoms with Crippen LogP contribution in [-0.4, -0.2) is 53.0 Å². The molecule has 4 rings (SSSR count). The van der Waals surface area contributed by atoms with Crippen molar-refractivity contribution in [3.05, 3.63) is 62.6 Å². The number of benzene rings is 2. The maximum atomic E-state index is 13.9. The molecule has 0 spiro atoms. The summed E-state index contributed by atoms with van der Waals surface area (Å²) < 4.78 is 6.11. The third-order valence-electron chi connectivity index (χ3n) is 6.91. The van der Waals surface area contributed by atoms with Crippen molar-refractivity contribution < 1.29 is 33.9 Å². The lowest BCUT2D eigenvalue weighted by molar-refractivity contribution is -0.384. The summed E-state index contributed by atoms with van der Waals surface area (Å²) in [7, 11) is 1.43. The van der Waals surface area contributed by atoms with Crippen molar-refractivity contribution in [2.45, 2.75) is 24.4 Å². The summed E-state index contributed by atoms with van der Waals surface area (Å²) in [5.74, 6) is -4.99. The largest absolute Gasteiger partial charge is 0.496 e. The van der Waals surface area contributed by atoms with E-state index >= 15 is 0 Å². The maximum Gasteiger partial charge on any atom is 0.324 e. The van der Waals surface area contributed by atoms with Gasteiger partial charge in [-0.05, 0) is 37.1 Å². The van der Waals surface area contributed by atoms with Crippen molar-refractivity contribution in [1.29, 1.82) is 0 Å². The van der Waals surface area contributed by atoms with Gasteiger partial charge >= 0.3 is 12.0 Å². The molecule has 2 aromatic carbocycles. The van der Waals surface area contributed by atoms with E-state index in [2.05, 4.69) is 26.6 Å². The molecule has 14 heteroatoms. The van der Waals surface area contributed by atoms with Crippen molar-refractivity contribution in [3.63, 3.8) is 0 Å². The zero-order chi connectivity index (χ0) is 27.8. The van der Waals surface area contributed by atoms with Gasteiger partial charge in [0.25, 0.3) is 5.69 Å². The summed E-state index contributed by atoms with van der Waals surface area (Å²) >= 11 is 3.39. The number of carbonyl (C=O) groups is 4. The van der Waals surface area contributed by atoms with Crippen molar-refractivity contribution in [2.24, 2.45) is 17.6 Å². The van der Waals surface area contributed by atoms with Crippen LogP contribution in [0.25, 0.3) is 0 Å². The van der Waals surface area contributed by atoms with E-state index in [0.717, 1.165) is 11.0 Å². The number of non-ortho nitro benzene ring substituents is 1. The Morgan fingerprint density at radius 2 is 2.00 bits per heavy atom. The van der Waals surface area contributed by atoms with Crippen LogP contribution in [0.3, 0.4) is 0 Å². The molecular weight excluding hydrogens is 566 g/mol. The first-order chi connectivity index (χ1) is 18.0. The summed E-state index contributed by atoms with van der Waals surface area (Å²) in [6.07, 6.45) is 0.00444. The highest BCUT2D eigenvalue weighted by molar-refractivity contribution is 9.10. The van der Waals surface area contributed by atoms with Gasteiger partial charge in [0.05, 0.1) is 29.6 Å². The fourth-order valence-electron chi connectivity index (χ4n) is 5.33. The number of nitro benzene ring substituents is 1. The van der Waals surface area contributed by atoms with E-state index in [-0.39, 0.29) is 30.8 Å². The minimum Gasteiger partial charge on any atom is -0.496 e. The SMILES string of the molecule is COc1ccc(Br)cc1C1NC(CCCNC(N)=O)(C(=O)O)C2C(=O)N(c3cccc([N+](=O)[O-])c3)C(=O)C12. The average Bonchev–Trinajstić information content (AvgIpc) is 3.35. The molecule has 38 heavy (non-hydrogen) atoms. The molecule has 0 saturated carbocycles. The van der Waals surface area contributed by atoms with Crippen LogP contribution >= 0.6 is 15.9 Å². The number of nitrogens with two attached hydrogens (primary N) is 1. The molecule has 5 N–H and O–H groups in total. The number of imide groups is 1. The van der Waals surface area contributed by atoms with E-state index in [1.54, 1.807) is 18.2 Å². The number of halogens is 1. The Hall–Kier alpha value is -4.04. The predicted molar refractivity (Wildman–Crippen MR) is 136 cm³/mol. The molecule has 200 valence electrons. The highest BCUT2D eigenvalue weighted by Crippen LogP contribution is 2.53. The molecule has 2 aliphatic heterocycles. The fourth-order valence-corrected chi connectivity index (χ4v) is 5.71. The van der Waals surface area contributed by atoms with Crippen LogP contribution in [0, 0.1) is 22.0 Å². The third-order valence-corrected chi connectivity index (χ3v) is 7.40. The Morgan fingerprint density at radius 1 is 1.26 bits per heavy atom. The van der Waals surface area contributed by atoms with Gasteiger partial charge in [0.1, 0.15) is 11.3 Å². The van der Waals surface area contributed by atoms with Crippen LogP contribution in [0.15, 0.2) is 46.9 Å². The van der Waals surface area contributed by atoms with Gasteiger partial charge in [-0.3, -0.25) is 29.8 Å². The van der Waals surface area contributed by atoms with Gasteiger partial charge in [0.2, 0.25) is 11.8 Å². The number of amides is 4. The Bertz CT molecular complexity index is 1340. The van der Waals surface area contributed by atoms with Gasteiger partial charge < -0.3 is 20.9 Å². The normalized spacial score (nSPS) is 24.3. The van der Waals surface area contributed by atoms with E-state index in [4.69, 9.17) is 10.5 Å². The van der Waals surface area contributed by atoms with Crippen LogP contribution in [-0.2, 0) is 14.4 Å². The van der Waals surface area contributed by atoms with E-state index in [0.29, 0.717) is 15.8 Å². The molecule has 2 heterocycles. The number of nitrogens with one attached hydrogen (secondary N) is 2. The average molecular weight is 590 g/mol. The molecule has 0 aliphatic carbocycles. The monoisotopic (exact) mass is 589 g/mol. The topological polar surface area (TPSA) is 194 Å². The zero-order valence-electron chi connectivity index (χ0n) is 20.0. The molecule has 0 radical (unpaired) electrons. The first-order valence-corrected chi connectivity index (χ1v) is 12.3. The number of fused-ring (bicyclic) bond motifs is 1. The number of hydrogen-bond donors (Lipinski definition) is 4. The molecule has 2 fully saturated rings. The lowest BCUT2D eigenvalue weighted by atomic mass is 9.77. The highest BCUT2D eigenvalue weighted by Gasteiger charge is 2.68. The number of hydrogen-bond acceptors (Lipinski definition) is 8. The fraction of sp³-hybridized carbons (Fsp3) is 0.333. The molecule has 2 aromatic rings. The van der Waals surface area contributed by atoms with Gasteiger partial charge in [-0.2, -0.15) is 0 Å². The lowest BCUT2D eigenvalue weighted by Gasteiger charge is -2.31. The first kappa shape index (κ1) is 27.0. The second-order valence-corrected chi connectivity index (χ2v) is 9.89. The summed E-state index contributed by atoms with van der Waals surface area (Å²) in [4.78, 5) is 63.1. The lowest BCUT2D eigenvalue weighted by Crippen LogP contribution is -2.56. The standard InChI is InChI=1S/C24H24BrN5O8/c1-38-16-7-6-12(25)10-15(16)19-17-18(24(28-19,22(33)34)8-3-9-27-23(26)35)21(32)29(20(17)31)13-4-2-5-14(11-13)30(36)37/h2,4-7,10-11,17-19,28H,3,8-9H2,1H3,(H,33,34)(H3,26,27,35). The maximum absolute atomic E-state index is 13.9. The number of primary amides is 1. The van der Waals surface area contributed by atoms with Gasteiger partial charge in [0.15, 0.2) is 0 Å². The third kappa shape index (κ3) is 4.56. The molecule has 2 aliphatic rings. The number of methoxy groups -OCH3 is 1. The van der Waals surface area contributed by atoms with Crippen molar-refractivity contribution in [1.82, 2.24) is 10.6 Å². The smallest absolute Gasteiger partial charge is 0.324 e. The predicted octanol–water partition coefficient (Wildman–Crippen LogP) is 2.09. The van der Waals surface area contributed by atoms with Crippen LogP contribution in [0.2, 0.25) is 0 Å². The number of rotatable bonds is 9. The number of anilines is 1. The molecule has 0 bridgehead atoms. The molecule has 13 nitrogen and oxygen atoms in total. The highest BCUT2D eigenvalue weighted by atomic mass is 79.9. The summed E-state index contributed by atoms with van der Waals surface area (Å²) in [6.45, 7) is 0.0467. The van der Waals surface area contributed by atoms with Gasteiger partial charge in [0, 0.05) is 34.8 Å². The van der Waals surface area contributed by atoms with Crippen LogP contribution in [0.5, 0.6) is 5.75 Å². The van der Waals surface area contributed by atoms with Gasteiger partial charge in [-0.1, -0.05) is 22.0 Å². The number of ether oxygens (including phenoxy) is 1. The molecule has 4 atom stereocenters. The van der Waals surface area contributed by atoms with Crippen LogP contribution in [0.1, 0.15) is 24.4 Å². The van der Waals surface area contributed by atoms with Crippen molar-refractivity contribution >= 4 is 51.1 Å². The van der Waals surface area contributed by atoms with Crippen LogP contribution in [0.4, 0.5) is 16.2 Å². The van der Waals surface area contributed by atoms with Gasteiger partial charge in [-0.15, -0.1) is 0 Å². The van der Waals surface area contributed by atoms with Crippen LogP contribution < -0.4 is 26.0 Å². The molecular formula is C24H24BrN5O8. The Balaban J connectivity index is 1.84. The summed E-state index contributed by atoms with van der Waals surface area (Å²) in [6, 6.07) is 8.34. The molecule has 4 unspecified atom stereocenters. The number of urea groups is 1. The second kappa shape index (κ2) is 10.4. The van der Waals surface area contributed by atoms with Crippen molar-refractivity contribution in [2.75, 3.05) is 18.6 Å². The number of carboxylic acid groups (broad SMARTS) is 1. The second-order valence-electron chi connectivity index (χ2n) is 8.97. The molecule has 4 amide bonds. The van der Waals surface area contributed by atoms with Gasteiger partial charge in [-0.25, -0.2) is 9.69 Å². The summed E-state index contributed by atoms with van der Waals surface area (Å²) in [5, 5.41) is 27.2. The zero-order valence-corrected chi connectivity index (χ0v) is 21.6. The molecule has 0 aromatic heterocycles. The number of nitrogens with zero attached hydrogens (tertiary/aromatic N) is 2. The van der Waals surface area contributed by atoms with E-state index in [1.165, 1.54) is 25.3 Å². The molecule has 2 saturated heterocycles. The Morgan fingerprint density at radius 3 is 2.63 bits per heavy atom. The number of carboxylic acids is 1. The Kier molecular flexibility index (Phi) is 7.37. The van der Waals surface area contributed by atoms with E-state index in [1.807, 2.05) is 0 Å². The minimum atomic E-state index is -1.90. The number of aliphatic carboxylic acids is 1. The quantitative estimate of drug-likeness (QED) is 0.146. The van der Waals surface area contributed by atoms with E-state index in [9.17, 15) is 34.4 Å². The first-order valence-electron chi connectivity index (χ1n) is 11.5.